The van der Waals surface area contributed by atoms with Crippen molar-refractivity contribution in [1.29, 1.82) is 0 Å². The van der Waals surface area contributed by atoms with Crippen LogP contribution in [0.15, 0.2) is 5.16 Å². The number of rotatable bonds is 4. The molecule has 1 N–H and O–H groups in total. The average Bonchev–Trinajstić information content (AvgIpc) is 2.80. The maximum absolute atomic E-state index is 11.4. The van der Waals surface area contributed by atoms with Crippen molar-refractivity contribution in [2.45, 2.75) is 24.5 Å². The van der Waals surface area contributed by atoms with Gasteiger partial charge in [0.15, 0.2) is 5.16 Å². The van der Waals surface area contributed by atoms with Gasteiger partial charge in [0.05, 0.1) is 0 Å². The summed E-state index contributed by atoms with van der Waals surface area (Å²) in [4.78, 5) is 11.4. The van der Waals surface area contributed by atoms with Crippen LogP contribution in [-0.2, 0) is 11.3 Å². The van der Waals surface area contributed by atoms with E-state index in [1.165, 1.54) is 0 Å². The normalized spacial score (nSPS) is 13.9. The Morgan fingerprint density at radius 2 is 2.47 bits per heavy atom. The molecule has 0 aromatic carbocycles. The Balaban J connectivity index is 1.96. The van der Waals surface area contributed by atoms with Gasteiger partial charge in [-0.15, -0.1) is 10.2 Å². The molecule has 1 aliphatic rings. The Hall–Kier alpha value is -0.560. The molecule has 82 valence electrons. The van der Waals surface area contributed by atoms with Crippen LogP contribution in [0.3, 0.4) is 0 Å². The molecule has 0 saturated carbocycles. The highest BCUT2D eigenvalue weighted by molar-refractivity contribution is 9.09. The zero-order valence-electron chi connectivity index (χ0n) is 8.07. The molecule has 0 spiro atoms. The number of hydrogen-bond acceptors (Lipinski definition) is 4. The first-order chi connectivity index (χ1) is 7.31. The van der Waals surface area contributed by atoms with E-state index in [9.17, 15) is 4.79 Å². The molecule has 15 heavy (non-hydrogen) atoms. The largest absolute Gasteiger partial charge is 0.295 e. The van der Waals surface area contributed by atoms with Gasteiger partial charge in [-0.25, -0.2) is 0 Å². The summed E-state index contributed by atoms with van der Waals surface area (Å²) in [7, 11) is 0. The zero-order valence-corrected chi connectivity index (χ0v) is 10.5. The molecule has 1 amide bonds. The number of halogens is 1. The van der Waals surface area contributed by atoms with Crippen molar-refractivity contribution in [3.8, 4) is 0 Å². The van der Waals surface area contributed by atoms with E-state index in [1.807, 2.05) is 4.57 Å². The van der Waals surface area contributed by atoms with Crippen molar-refractivity contribution < 1.29 is 4.79 Å². The quantitative estimate of drug-likeness (QED) is 0.854. The van der Waals surface area contributed by atoms with Crippen LogP contribution in [0.1, 0.15) is 12.8 Å². The van der Waals surface area contributed by atoms with E-state index >= 15 is 0 Å². The van der Waals surface area contributed by atoms with Crippen molar-refractivity contribution in [2.24, 2.45) is 0 Å². The predicted molar refractivity (Wildman–Crippen MR) is 62.4 cm³/mol. The Kier molecular flexibility index (Phi) is 3.63. The Morgan fingerprint density at radius 1 is 1.60 bits per heavy atom. The van der Waals surface area contributed by atoms with Crippen LogP contribution in [0.25, 0.3) is 0 Å². The average molecular weight is 291 g/mol. The monoisotopic (exact) mass is 290 g/mol. The summed E-state index contributed by atoms with van der Waals surface area (Å²) in [6.45, 7) is 0.876. The van der Waals surface area contributed by atoms with Crippen molar-refractivity contribution in [2.75, 3.05) is 16.4 Å². The highest BCUT2D eigenvalue weighted by Gasteiger charge is 2.18. The number of hydrogen-bond donors (Lipinski definition) is 1. The molecule has 2 heterocycles. The van der Waals surface area contributed by atoms with Gasteiger partial charge in [0.1, 0.15) is 0 Å². The molecule has 0 fully saturated rings. The number of alkyl halides is 1. The van der Waals surface area contributed by atoms with E-state index in [0.717, 1.165) is 29.2 Å². The molecule has 0 aliphatic carbocycles. The molecular formula is C8H11BrN4OS. The number of amides is 1. The van der Waals surface area contributed by atoms with Crippen LogP contribution >= 0.6 is 27.7 Å². The van der Waals surface area contributed by atoms with Crippen LogP contribution in [-0.4, -0.2) is 31.8 Å². The number of thioether (sulfide) groups is 1. The lowest BCUT2D eigenvalue weighted by Crippen LogP contribution is -2.15. The molecular weight excluding hydrogens is 280 g/mol. The topological polar surface area (TPSA) is 59.8 Å². The Labute approximate surface area is 100 Å². The summed E-state index contributed by atoms with van der Waals surface area (Å²) in [6, 6.07) is 0. The molecule has 0 bridgehead atoms. The third-order valence-electron chi connectivity index (χ3n) is 2.05. The first-order valence-electron chi connectivity index (χ1n) is 4.73. The van der Waals surface area contributed by atoms with E-state index in [-0.39, 0.29) is 5.91 Å². The van der Waals surface area contributed by atoms with Gasteiger partial charge in [-0.2, -0.15) is 0 Å². The van der Waals surface area contributed by atoms with Gasteiger partial charge < -0.3 is 0 Å². The van der Waals surface area contributed by atoms with Crippen molar-refractivity contribution in [3.63, 3.8) is 0 Å². The third kappa shape index (κ3) is 2.52. The van der Waals surface area contributed by atoms with Crippen LogP contribution in [0.5, 0.6) is 0 Å². The van der Waals surface area contributed by atoms with Gasteiger partial charge in [-0.05, 0) is 6.42 Å². The summed E-state index contributed by atoms with van der Waals surface area (Å²) in [5.74, 6) is 1.59. The zero-order chi connectivity index (χ0) is 10.7. The van der Waals surface area contributed by atoms with Crippen LogP contribution in [0, 0.1) is 0 Å². The molecule has 1 aromatic rings. The first-order valence-corrected chi connectivity index (χ1v) is 6.84. The van der Waals surface area contributed by atoms with Crippen molar-refractivity contribution in [1.82, 2.24) is 14.8 Å². The molecule has 0 radical (unpaired) electrons. The molecule has 0 atom stereocenters. The summed E-state index contributed by atoms with van der Waals surface area (Å²) >= 11 is 4.95. The van der Waals surface area contributed by atoms with Crippen molar-refractivity contribution in [3.05, 3.63) is 0 Å². The minimum atomic E-state index is 0.00144. The van der Waals surface area contributed by atoms with E-state index in [0.29, 0.717) is 12.4 Å². The van der Waals surface area contributed by atoms with Gasteiger partial charge in [0.2, 0.25) is 11.9 Å². The molecule has 1 aliphatic heterocycles. The second-order valence-electron chi connectivity index (χ2n) is 3.15. The van der Waals surface area contributed by atoms with Gasteiger partial charge in [0, 0.05) is 24.0 Å². The number of nitrogens with zero attached hydrogens (tertiary/aromatic N) is 3. The number of carbonyl (C=O) groups excluding carboxylic acids is 1. The molecule has 2 rings (SSSR count). The third-order valence-corrected chi connectivity index (χ3v) is 3.56. The van der Waals surface area contributed by atoms with Gasteiger partial charge in [-0.1, -0.05) is 27.7 Å². The van der Waals surface area contributed by atoms with E-state index in [4.69, 9.17) is 0 Å². The van der Waals surface area contributed by atoms with Crippen molar-refractivity contribution >= 4 is 39.5 Å². The fourth-order valence-electron chi connectivity index (χ4n) is 1.33. The highest BCUT2D eigenvalue weighted by Crippen LogP contribution is 2.26. The van der Waals surface area contributed by atoms with E-state index in [1.54, 1.807) is 11.8 Å². The second-order valence-corrected chi connectivity index (χ2v) is 5.00. The maximum atomic E-state index is 11.4. The number of fused-ring (bicyclic) bond motifs is 1. The molecule has 0 saturated heterocycles. The molecule has 1 aromatic heterocycles. The summed E-state index contributed by atoms with van der Waals surface area (Å²) in [6.07, 6.45) is 1.35. The smallest absolute Gasteiger partial charge is 0.231 e. The standard InChI is InChI=1S/C8H11BrN4OS/c9-3-1-2-6(14)10-7-11-12-8-13(7)4-5-15-8/h1-5H2,(H,10,11,14). The number of carbonyl (C=O) groups is 1. The summed E-state index contributed by atoms with van der Waals surface area (Å²) < 4.78 is 1.94. The fraction of sp³-hybridized carbons (Fsp3) is 0.625. The van der Waals surface area contributed by atoms with E-state index in [2.05, 4.69) is 31.4 Å². The minimum Gasteiger partial charge on any atom is -0.295 e. The maximum Gasteiger partial charge on any atom is 0.231 e. The molecule has 0 unspecified atom stereocenters. The van der Waals surface area contributed by atoms with Crippen LogP contribution in [0.2, 0.25) is 0 Å². The lowest BCUT2D eigenvalue weighted by atomic mass is 10.3. The lowest BCUT2D eigenvalue weighted by Gasteiger charge is -2.03. The first kappa shape index (κ1) is 10.9. The van der Waals surface area contributed by atoms with E-state index < -0.39 is 0 Å². The Bertz CT molecular complexity index is 368. The SMILES string of the molecule is O=C(CCCBr)Nc1nnc2n1CCS2. The van der Waals surface area contributed by atoms with Crippen LogP contribution in [0.4, 0.5) is 5.95 Å². The number of anilines is 1. The second kappa shape index (κ2) is 4.98. The molecule has 7 heteroatoms. The number of aromatic nitrogens is 3. The van der Waals surface area contributed by atoms with Gasteiger partial charge in [-0.3, -0.25) is 14.7 Å². The minimum absolute atomic E-state index is 0.00144. The summed E-state index contributed by atoms with van der Waals surface area (Å²) in [5, 5.41) is 12.4. The fourth-order valence-corrected chi connectivity index (χ4v) is 2.50. The molecule has 5 nitrogen and oxygen atoms in total. The number of nitrogens with one attached hydrogen (secondary N) is 1. The van der Waals surface area contributed by atoms with Gasteiger partial charge >= 0.3 is 0 Å². The predicted octanol–water partition coefficient (Wildman–Crippen LogP) is 1.50. The highest BCUT2D eigenvalue weighted by atomic mass is 79.9. The van der Waals surface area contributed by atoms with Crippen LogP contribution < -0.4 is 5.32 Å². The summed E-state index contributed by atoms with van der Waals surface area (Å²) in [5.41, 5.74) is 0. The van der Waals surface area contributed by atoms with Gasteiger partial charge in [0.25, 0.3) is 0 Å². The Morgan fingerprint density at radius 3 is 3.27 bits per heavy atom. The lowest BCUT2D eigenvalue weighted by molar-refractivity contribution is -0.116.